The van der Waals surface area contributed by atoms with Crippen LogP contribution in [-0.2, 0) is 19.9 Å². The Balaban J connectivity index is 1.41. The fraction of sp³-hybridized carbons (Fsp3) is 0.375. The van der Waals surface area contributed by atoms with E-state index < -0.39 is 17.4 Å². The predicted molar refractivity (Wildman–Crippen MR) is 118 cm³/mol. The minimum atomic E-state index is -1.21. The van der Waals surface area contributed by atoms with Gasteiger partial charge in [-0.15, -0.1) is 0 Å². The van der Waals surface area contributed by atoms with Crippen molar-refractivity contribution in [2.75, 3.05) is 23.6 Å². The number of carbonyl (C=O) groups excluding carboxylic acids is 3. The van der Waals surface area contributed by atoms with Crippen LogP contribution in [-0.4, -0.2) is 42.0 Å². The van der Waals surface area contributed by atoms with Gasteiger partial charge in [0.15, 0.2) is 11.5 Å². The quantitative estimate of drug-likeness (QED) is 0.652. The summed E-state index contributed by atoms with van der Waals surface area (Å²) in [4.78, 5) is 44.8. The van der Waals surface area contributed by atoms with E-state index in [1.807, 2.05) is 13.0 Å². The number of carbonyl (C=O) groups is 3. The van der Waals surface area contributed by atoms with Gasteiger partial charge in [0, 0.05) is 22.7 Å². The molecule has 8 nitrogen and oxygen atoms in total. The molecule has 1 spiro atoms. The lowest BCUT2D eigenvalue weighted by Crippen LogP contribution is -2.54. The molecule has 9 heteroatoms. The Kier molecular flexibility index (Phi) is 3.68. The Labute approximate surface area is 194 Å². The second kappa shape index (κ2) is 6.27. The molecule has 5 aliphatic rings. The summed E-state index contributed by atoms with van der Waals surface area (Å²) in [5.41, 5.74) is 1.38. The number of nitrogens with zero attached hydrogens (tertiary/aromatic N) is 2. The zero-order chi connectivity index (χ0) is 22.6. The molecule has 33 heavy (non-hydrogen) atoms. The van der Waals surface area contributed by atoms with Gasteiger partial charge in [-0.3, -0.25) is 19.3 Å². The molecule has 0 aliphatic carbocycles. The molecule has 1 N–H and O–H groups in total. The molecular formula is C24H20ClN3O5. The molecule has 2 aromatic carbocycles. The lowest BCUT2D eigenvalue weighted by atomic mass is 9.75. The average Bonchev–Trinajstić information content (AvgIpc) is 3.57. The van der Waals surface area contributed by atoms with E-state index in [-0.39, 0.29) is 30.6 Å². The highest BCUT2D eigenvalue weighted by molar-refractivity contribution is 6.32. The van der Waals surface area contributed by atoms with Crippen LogP contribution in [0.25, 0.3) is 0 Å². The van der Waals surface area contributed by atoms with Crippen LogP contribution in [0.2, 0.25) is 5.02 Å². The van der Waals surface area contributed by atoms with Crippen molar-refractivity contribution in [2.24, 2.45) is 11.8 Å². The standard InChI is InChI=1S/C24H20ClN3O5/c1-11-14(25)6-5-13-20(11)26-23(31)24(13)19-18(15-3-2-8-27(15)24)21(29)28(22(19)30)12-4-7-16-17(9-12)33-10-32-16/h4-7,9,15,18-19H,2-3,8,10H2,1H3,(H,26,31)/t15-,18-,19-,24-/m0/s1. The fourth-order valence-corrected chi connectivity index (χ4v) is 6.83. The summed E-state index contributed by atoms with van der Waals surface area (Å²) in [5, 5.41) is 3.56. The average molecular weight is 466 g/mol. The first-order chi connectivity index (χ1) is 15.9. The van der Waals surface area contributed by atoms with Gasteiger partial charge in [-0.05, 0) is 50.1 Å². The first-order valence-electron chi connectivity index (χ1n) is 11.1. The molecule has 0 bridgehead atoms. The van der Waals surface area contributed by atoms with E-state index in [2.05, 4.69) is 10.2 Å². The van der Waals surface area contributed by atoms with Crippen LogP contribution in [0.4, 0.5) is 11.4 Å². The van der Waals surface area contributed by atoms with Gasteiger partial charge in [0.1, 0.15) is 5.54 Å². The molecule has 0 unspecified atom stereocenters. The summed E-state index contributed by atoms with van der Waals surface area (Å²) < 4.78 is 10.8. The summed E-state index contributed by atoms with van der Waals surface area (Å²) in [5.74, 6) is -1.18. The minimum absolute atomic E-state index is 0.102. The number of ether oxygens (including phenoxy) is 2. The molecule has 4 atom stereocenters. The first-order valence-corrected chi connectivity index (χ1v) is 11.5. The molecule has 0 radical (unpaired) electrons. The molecule has 3 saturated heterocycles. The Morgan fingerprint density at radius 3 is 2.76 bits per heavy atom. The molecule has 0 aromatic heterocycles. The maximum Gasteiger partial charge on any atom is 0.250 e. The van der Waals surface area contributed by atoms with E-state index in [1.165, 1.54) is 4.90 Å². The van der Waals surface area contributed by atoms with Crippen LogP contribution in [0, 0.1) is 18.8 Å². The predicted octanol–water partition coefficient (Wildman–Crippen LogP) is 2.81. The van der Waals surface area contributed by atoms with Gasteiger partial charge in [0.05, 0.1) is 23.2 Å². The normalized spacial score (nSPS) is 31.4. The number of nitrogens with one attached hydrogen (secondary N) is 1. The fourth-order valence-electron chi connectivity index (χ4n) is 6.67. The van der Waals surface area contributed by atoms with Crippen LogP contribution in [0.3, 0.4) is 0 Å². The number of amides is 3. The minimum Gasteiger partial charge on any atom is -0.454 e. The highest BCUT2D eigenvalue weighted by Crippen LogP contribution is 2.61. The summed E-state index contributed by atoms with van der Waals surface area (Å²) >= 11 is 6.34. The molecule has 7 rings (SSSR count). The number of hydrogen-bond acceptors (Lipinski definition) is 6. The second-order valence-corrected chi connectivity index (χ2v) is 9.68. The zero-order valence-electron chi connectivity index (χ0n) is 17.8. The molecule has 5 aliphatic heterocycles. The van der Waals surface area contributed by atoms with E-state index in [0.717, 1.165) is 24.0 Å². The van der Waals surface area contributed by atoms with E-state index in [9.17, 15) is 14.4 Å². The van der Waals surface area contributed by atoms with Gasteiger partial charge in [-0.2, -0.15) is 0 Å². The van der Waals surface area contributed by atoms with Gasteiger partial charge in [-0.25, -0.2) is 4.90 Å². The highest BCUT2D eigenvalue weighted by atomic mass is 35.5. The number of imide groups is 1. The molecule has 168 valence electrons. The lowest BCUT2D eigenvalue weighted by Gasteiger charge is -2.36. The van der Waals surface area contributed by atoms with Crippen LogP contribution in [0.5, 0.6) is 11.5 Å². The maximum absolute atomic E-state index is 14.0. The van der Waals surface area contributed by atoms with E-state index >= 15 is 0 Å². The summed E-state index contributed by atoms with van der Waals surface area (Å²) in [6.07, 6.45) is 1.64. The topological polar surface area (TPSA) is 88.2 Å². The lowest BCUT2D eigenvalue weighted by molar-refractivity contribution is -0.135. The Morgan fingerprint density at radius 1 is 1.09 bits per heavy atom. The molecule has 2 aromatic rings. The number of benzene rings is 2. The monoisotopic (exact) mass is 465 g/mol. The number of rotatable bonds is 1. The molecule has 5 heterocycles. The van der Waals surface area contributed by atoms with Crippen molar-refractivity contribution in [1.82, 2.24) is 4.90 Å². The summed E-state index contributed by atoms with van der Waals surface area (Å²) in [7, 11) is 0. The van der Waals surface area contributed by atoms with E-state index in [1.54, 1.807) is 24.3 Å². The van der Waals surface area contributed by atoms with Crippen LogP contribution >= 0.6 is 11.6 Å². The van der Waals surface area contributed by atoms with Gasteiger partial charge in [0.2, 0.25) is 24.5 Å². The van der Waals surface area contributed by atoms with Crippen molar-refractivity contribution in [3.63, 3.8) is 0 Å². The number of hydrogen-bond donors (Lipinski definition) is 1. The Hall–Kier alpha value is -3.10. The van der Waals surface area contributed by atoms with Crippen molar-refractivity contribution in [3.8, 4) is 11.5 Å². The number of halogens is 1. The van der Waals surface area contributed by atoms with Crippen molar-refractivity contribution < 1.29 is 23.9 Å². The third-order valence-electron chi connectivity index (χ3n) is 7.98. The summed E-state index contributed by atoms with van der Waals surface area (Å²) in [6, 6.07) is 8.49. The molecule has 3 fully saturated rings. The van der Waals surface area contributed by atoms with E-state index in [0.29, 0.717) is 34.4 Å². The molecular weight excluding hydrogens is 446 g/mol. The van der Waals surface area contributed by atoms with Crippen molar-refractivity contribution >= 4 is 40.7 Å². The smallest absolute Gasteiger partial charge is 0.250 e. The third kappa shape index (κ3) is 2.14. The highest BCUT2D eigenvalue weighted by Gasteiger charge is 2.74. The number of fused-ring (bicyclic) bond motifs is 8. The molecule has 0 saturated carbocycles. The SMILES string of the molecule is Cc1c(Cl)ccc2c1NC(=O)[C@@]21[C@@H]2C(=O)N(c3ccc4c(c3)OCO4)C(=O)[C@H]2[C@@H]2CCCN21. The van der Waals surface area contributed by atoms with Gasteiger partial charge >= 0.3 is 0 Å². The Morgan fingerprint density at radius 2 is 1.91 bits per heavy atom. The Bertz CT molecular complexity index is 1300. The van der Waals surface area contributed by atoms with Gasteiger partial charge in [-0.1, -0.05) is 17.7 Å². The van der Waals surface area contributed by atoms with Crippen molar-refractivity contribution in [2.45, 2.75) is 31.3 Å². The van der Waals surface area contributed by atoms with Gasteiger partial charge < -0.3 is 14.8 Å². The molecule has 3 amide bonds. The van der Waals surface area contributed by atoms with Crippen LogP contribution in [0.1, 0.15) is 24.0 Å². The first kappa shape index (κ1) is 19.4. The summed E-state index contributed by atoms with van der Waals surface area (Å²) in [6.45, 7) is 2.62. The van der Waals surface area contributed by atoms with Crippen LogP contribution < -0.4 is 19.7 Å². The second-order valence-electron chi connectivity index (χ2n) is 9.27. The van der Waals surface area contributed by atoms with Crippen LogP contribution in [0.15, 0.2) is 30.3 Å². The largest absolute Gasteiger partial charge is 0.454 e. The van der Waals surface area contributed by atoms with Crippen molar-refractivity contribution in [3.05, 3.63) is 46.5 Å². The third-order valence-corrected chi connectivity index (χ3v) is 8.39. The number of anilines is 2. The zero-order valence-corrected chi connectivity index (χ0v) is 18.5. The maximum atomic E-state index is 14.0. The van der Waals surface area contributed by atoms with Crippen molar-refractivity contribution in [1.29, 1.82) is 0 Å². The van der Waals surface area contributed by atoms with E-state index in [4.69, 9.17) is 21.1 Å². The van der Waals surface area contributed by atoms with Gasteiger partial charge in [0.25, 0.3) is 0 Å².